The third-order valence-corrected chi connectivity index (χ3v) is 13.8. The number of aliphatic hydroxyl groups excluding tert-OH is 2. The van der Waals surface area contributed by atoms with Gasteiger partial charge in [0.15, 0.2) is 0 Å². The molecule has 6 rings (SSSR count). The predicted molar refractivity (Wildman–Crippen MR) is 136 cm³/mol. The molecule has 2 bridgehead atoms. The van der Waals surface area contributed by atoms with Crippen molar-refractivity contribution in [1.82, 2.24) is 0 Å². The number of cyclic esters (lactones) is 1. The second-order valence-electron chi connectivity index (χ2n) is 15.8. The minimum absolute atomic E-state index is 0.000208. The molecule has 0 aromatic heterocycles. The van der Waals surface area contributed by atoms with E-state index in [-0.39, 0.29) is 44.4 Å². The van der Waals surface area contributed by atoms with Crippen molar-refractivity contribution in [2.45, 2.75) is 112 Å². The van der Waals surface area contributed by atoms with Crippen LogP contribution in [0.2, 0.25) is 0 Å². The van der Waals surface area contributed by atoms with E-state index in [4.69, 9.17) is 4.74 Å². The van der Waals surface area contributed by atoms with Gasteiger partial charge >= 0.3 is 5.97 Å². The zero-order valence-electron chi connectivity index (χ0n) is 23.1. The summed E-state index contributed by atoms with van der Waals surface area (Å²) in [4.78, 5) is 13.0. The SMILES string of the molecule is CC12COC(=O)C(C1)[C@]1(C)CC[C@]3(C)C(=CC[C@@H]4[C@@]5(C)C[C@@H](O)[C@H](O)C(C)(C)C5CC[C@]43C)[C@H]1C2. The molecule has 196 valence electrons. The smallest absolute Gasteiger partial charge is 0.309 e. The Bertz CT molecular complexity index is 984. The van der Waals surface area contributed by atoms with Crippen LogP contribution in [0.3, 0.4) is 0 Å². The largest absolute Gasteiger partial charge is 0.465 e. The van der Waals surface area contributed by atoms with Gasteiger partial charge in [-0.15, -0.1) is 0 Å². The van der Waals surface area contributed by atoms with Crippen LogP contribution in [0.5, 0.6) is 0 Å². The lowest BCUT2D eigenvalue weighted by Crippen LogP contribution is -2.67. The van der Waals surface area contributed by atoms with Crippen LogP contribution in [0.1, 0.15) is 99.8 Å². The number of rotatable bonds is 0. The lowest BCUT2D eigenvalue weighted by Gasteiger charge is -2.72. The highest BCUT2D eigenvalue weighted by Gasteiger charge is 2.70. The molecular formula is C31H48O4. The highest BCUT2D eigenvalue weighted by atomic mass is 16.5. The molecule has 0 spiro atoms. The molecule has 4 heteroatoms. The van der Waals surface area contributed by atoms with Gasteiger partial charge in [0.25, 0.3) is 0 Å². The predicted octanol–water partition coefficient (Wildman–Crippen LogP) is 5.90. The van der Waals surface area contributed by atoms with Gasteiger partial charge in [-0.05, 0) is 96.2 Å². The summed E-state index contributed by atoms with van der Waals surface area (Å²) in [7, 11) is 0. The monoisotopic (exact) mass is 484 g/mol. The molecule has 35 heavy (non-hydrogen) atoms. The van der Waals surface area contributed by atoms with Gasteiger partial charge in [0.1, 0.15) is 0 Å². The van der Waals surface area contributed by atoms with Gasteiger partial charge in [0.2, 0.25) is 0 Å². The molecule has 3 unspecified atom stereocenters. The van der Waals surface area contributed by atoms with Gasteiger partial charge in [-0.2, -0.15) is 0 Å². The Balaban J connectivity index is 1.44. The second-order valence-corrected chi connectivity index (χ2v) is 15.8. The fraction of sp³-hybridized carbons (Fsp3) is 0.903. The molecule has 6 aliphatic rings. The first-order chi connectivity index (χ1) is 16.1. The maximum Gasteiger partial charge on any atom is 0.309 e. The lowest BCUT2D eigenvalue weighted by molar-refractivity contribution is -0.234. The fourth-order valence-electron chi connectivity index (χ4n) is 11.6. The van der Waals surface area contributed by atoms with Crippen molar-refractivity contribution in [2.75, 3.05) is 6.61 Å². The van der Waals surface area contributed by atoms with E-state index in [0.29, 0.717) is 30.8 Å². The molecular weight excluding hydrogens is 436 g/mol. The van der Waals surface area contributed by atoms with E-state index in [9.17, 15) is 15.0 Å². The maximum atomic E-state index is 13.0. The minimum atomic E-state index is -0.648. The third kappa shape index (κ3) is 2.80. The van der Waals surface area contributed by atoms with Gasteiger partial charge in [-0.1, -0.05) is 60.1 Å². The molecule has 1 heterocycles. The Hall–Kier alpha value is -0.870. The van der Waals surface area contributed by atoms with Crippen LogP contribution < -0.4 is 0 Å². The number of aliphatic hydroxyl groups is 2. The van der Waals surface area contributed by atoms with E-state index in [0.717, 1.165) is 38.5 Å². The first-order valence-corrected chi connectivity index (χ1v) is 14.4. The van der Waals surface area contributed by atoms with Gasteiger partial charge in [-0.25, -0.2) is 0 Å². The topological polar surface area (TPSA) is 66.8 Å². The molecule has 1 aliphatic heterocycles. The average Bonchev–Trinajstić information content (AvgIpc) is 2.77. The van der Waals surface area contributed by atoms with Crippen molar-refractivity contribution in [3.05, 3.63) is 11.6 Å². The van der Waals surface area contributed by atoms with Crippen molar-refractivity contribution in [3.8, 4) is 0 Å². The molecule has 11 atom stereocenters. The Kier molecular flexibility index (Phi) is 4.86. The molecule has 0 aromatic carbocycles. The summed E-state index contributed by atoms with van der Waals surface area (Å²) in [6, 6.07) is 0. The number of carbonyl (C=O) groups is 1. The molecule has 0 aromatic rings. The molecule has 2 N–H and O–H groups in total. The van der Waals surface area contributed by atoms with Crippen molar-refractivity contribution >= 4 is 5.97 Å². The first-order valence-electron chi connectivity index (χ1n) is 14.4. The molecule has 5 aliphatic carbocycles. The maximum absolute atomic E-state index is 13.0. The number of allylic oxidation sites excluding steroid dienone is 2. The molecule has 0 amide bonds. The minimum Gasteiger partial charge on any atom is -0.465 e. The highest BCUT2D eigenvalue weighted by Crippen LogP contribution is 2.76. The van der Waals surface area contributed by atoms with Crippen molar-refractivity contribution in [2.24, 2.45) is 56.2 Å². The van der Waals surface area contributed by atoms with E-state index in [2.05, 4.69) is 54.5 Å². The van der Waals surface area contributed by atoms with Gasteiger partial charge in [0.05, 0.1) is 24.7 Å². The average molecular weight is 485 g/mol. The number of fused-ring (bicyclic) bond motifs is 10. The lowest BCUT2D eigenvalue weighted by atomic mass is 9.33. The summed E-state index contributed by atoms with van der Waals surface area (Å²) in [5.41, 5.74) is 1.75. The van der Waals surface area contributed by atoms with E-state index in [1.807, 2.05) is 0 Å². The van der Waals surface area contributed by atoms with Crippen LogP contribution >= 0.6 is 0 Å². The molecule has 4 nitrogen and oxygen atoms in total. The second kappa shape index (κ2) is 6.95. The van der Waals surface area contributed by atoms with Gasteiger partial charge in [0, 0.05) is 5.41 Å². The Morgan fingerprint density at radius 1 is 0.857 bits per heavy atom. The van der Waals surface area contributed by atoms with Gasteiger partial charge < -0.3 is 14.9 Å². The van der Waals surface area contributed by atoms with E-state index in [1.165, 1.54) is 6.42 Å². The number of esters is 1. The van der Waals surface area contributed by atoms with Crippen LogP contribution in [0.25, 0.3) is 0 Å². The van der Waals surface area contributed by atoms with E-state index < -0.39 is 12.2 Å². The zero-order valence-corrected chi connectivity index (χ0v) is 23.1. The quantitative estimate of drug-likeness (QED) is 0.332. The number of carbonyl (C=O) groups excluding carboxylic acids is 1. The van der Waals surface area contributed by atoms with Crippen LogP contribution in [0, 0.1) is 56.2 Å². The Labute approximate surface area is 212 Å². The number of ether oxygens (including phenoxy) is 1. The summed E-state index contributed by atoms with van der Waals surface area (Å²) in [5, 5.41) is 22.0. The van der Waals surface area contributed by atoms with Crippen LogP contribution in [0.4, 0.5) is 0 Å². The fourth-order valence-corrected chi connectivity index (χ4v) is 11.6. The van der Waals surface area contributed by atoms with Crippen LogP contribution in [0.15, 0.2) is 11.6 Å². The Morgan fingerprint density at radius 2 is 1.54 bits per heavy atom. The molecule has 1 saturated heterocycles. The van der Waals surface area contributed by atoms with Gasteiger partial charge in [-0.3, -0.25) is 4.79 Å². The van der Waals surface area contributed by atoms with E-state index >= 15 is 0 Å². The number of hydrogen-bond acceptors (Lipinski definition) is 4. The standard InChI is InChI=1S/C31H48O4/c1-26(2)22-10-11-31(7)23(29(22,5)16-21(32)24(26)33)9-8-18-19-14-27(3)15-20(25(34)35-17-27)28(19,4)12-13-30(18,31)6/h8,19-24,32-33H,9-17H2,1-7H3/t19-,20?,21-,22?,23-,24+,27?,28-,29+,30-,31-/m1/s1. The van der Waals surface area contributed by atoms with Crippen molar-refractivity contribution in [3.63, 3.8) is 0 Å². The third-order valence-electron chi connectivity index (χ3n) is 13.8. The van der Waals surface area contributed by atoms with E-state index in [1.54, 1.807) is 5.57 Å². The molecule has 0 radical (unpaired) electrons. The normalized spacial score (nSPS) is 58.7. The summed E-state index contributed by atoms with van der Waals surface area (Å²) < 4.78 is 5.74. The molecule has 4 saturated carbocycles. The van der Waals surface area contributed by atoms with Crippen LogP contribution in [-0.4, -0.2) is 35.0 Å². The summed E-state index contributed by atoms with van der Waals surface area (Å²) in [5.74, 6) is 1.44. The first kappa shape index (κ1) is 24.5. The summed E-state index contributed by atoms with van der Waals surface area (Å²) in [6.45, 7) is 17.2. The highest BCUT2D eigenvalue weighted by molar-refractivity contribution is 5.75. The van der Waals surface area contributed by atoms with Crippen molar-refractivity contribution < 1.29 is 19.7 Å². The summed E-state index contributed by atoms with van der Waals surface area (Å²) >= 11 is 0. The number of hydrogen-bond donors (Lipinski definition) is 2. The molecule has 5 fully saturated rings. The zero-order chi connectivity index (χ0) is 25.4. The summed E-state index contributed by atoms with van der Waals surface area (Å²) in [6.07, 6.45) is 9.74. The Morgan fingerprint density at radius 3 is 2.26 bits per heavy atom. The van der Waals surface area contributed by atoms with Crippen molar-refractivity contribution in [1.29, 1.82) is 0 Å². The van der Waals surface area contributed by atoms with Crippen LogP contribution in [-0.2, 0) is 9.53 Å².